The SMILES string of the molecule is C[CH-]Cc1ccc2nc(NC(C)=O)sc2c1.[W+2]. The maximum absolute atomic E-state index is 10.9. The number of carbonyl (C=O) groups excluding carboxylic acids is 1. The van der Waals surface area contributed by atoms with E-state index in [-0.39, 0.29) is 27.0 Å². The first-order valence-electron chi connectivity index (χ1n) is 5.14. The Morgan fingerprint density at radius 1 is 1.53 bits per heavy atom. The summed E-state index contributed by atoms with van der Waals surface area (Å²) in [4.78, 5) is 15.2. The van der Waals surface area contributed by atoms with Crippen molar-refractivity contribution in [2.24, 2.45) is 0 Å². The van der Waals surface area contributed by atoms with Crippen molar-refractivity contribution in [1.82, 2.24) is 4.98 Å². The molecule has 1 aromatic heterocycles. The van der Waals surface area contributed by atoms with E-state index in [1.54, 1.807) is 0 Å². The van der Waals surface area contributed by atoms with E-state index in [4.69, 9.17) is 0 Å². The molecule has 0 saturated carbocycles. The Balaban J connectivity index is 0.00000144. The summed E-state index contributed by atoms with van der Waals surface area (Å²) >= 11 is 1.51. The molecule has 1 N–H and O–H groups in total. The van der Waals surface area contributed by atoms with Crippen LogP contribution < -0.4 is 5.32 Å². The van der Waals surface area contributed by atoms with Crippen molar-refractivity contribution in [1.29, 1.82) is 0 Å². The molecule has 0 aliphatic carbocycles. The van der Waals surface area contributed by atoms with Crippen LogP contribution in [0.1, 0.15) is 19.4 Å². The zero-order valence-corrected chi connectivity index (χ0v) is 13.4. The molecule has 0 atom stereocenters. The molecule has 0 aliphatic rings. The molecule has 0 saturated heterocycles. The quantitative estimate of drug-likeness (QED) is 0.781. The molecule has 0 aliphatic heterocycles. The fourth-order valence-electron chi connectivity index (χ4n) is 1.54. The molecule has 2 aromatic rings. The number of nitrogens with zero attached hydrogens (tertiary/aromatic N) is 1. The van der Waals surface area contributed by atoms with Crippen LogP contribution in [-0.2, 0) is 32.3 Å². The molecule has 0 fully saturated rings. The Kier molecular flexibility index (Phi) is 5.28. The zero-order valence-electron chi connectivity index (χ0n) is 9.69. The van der Waals surface area contributed by atoms with Crippen molar-refractivity contribution >= 4 is 32.6 Å². The van der Waals surface area contributed by atoms with E-state index < -0.39 is 0 Å². The zero-order chi connectivity index (χ0) is 11.5. The number of fused-ring (bicyclic) bond motifs is 1. The van der Waals surface area contributed by atoms with Gasteiger partial charge in [0.05, 0.1) is 10.2 Å². The summed E-state index contributed by atoms with van der Waals surface area (Å²) in [6.07, 6.45) is 3.08. The third-order valence-corrected chi connectivity index (χ3v) is 3.11. The minimum Gasteiger partial charge on any atom is -0.327 e. The van der Waals surface area contributed by atoms with Gasteiger partial charge in [0.2, 0.25) is 5.91 Å². The molecule has 5 heteroatoms. The molecule has 0 radical (unpaired) electrons. The number of hydrogen-bond donors (Lipinski definition) is 1. The van der Waals surface area contributed by atoms with Crippen LogP contribution >= 0.6 is 11.3 Å². The third-order valence-electron chi connectivity index (χ3n) is 2.18. The first-order chi connectivity index (χ1) is 7.69. The number of hydrogen-bond acceptors (Lipinski definition) is 3. The summed E-state index contributed by atoms with van der Waals surface area (Å²) in [6.45, 7) is 3.53. The van der Waals surface area contributed by atoms with E-state index in [1.165, 1.54) is 23.8 Å². The first-order valence-corrected chi connectivity index (χ1v) is 5.95. The number of aromatic nitrogens is 1. The topological polar surface area (TPSA) is 42.0 Å². The number of rotatable bonds is 3. The van der Waals surface area contributed by atoms with E-state index in [9.17, 15) is 4.79 Å². The Labute approximate surface area is 119 Å². The molecular weight excluding hydrogens is 404 g/mol. The smallest absolute Gasteiger partial charge is 0.327 e. The predicted octanol–water partition coefficient (Wildman–Crippen LogP) is 3.02. The van der Waals surface area contributed by atoms with Gasteiger partial charge in [0, 0.05) is 6.92 Å². The van der Waals surface area contributed by atoms with Gasteiger partial charge < -0.3 is 11.7 Å². The number of nitrogens with one attached hydrogen (secondary N) is 1. The van der Waals surface area contributed by atoms with Gasteiger partial charge in [-0.3, -0.25) is 4.79 Å². The van der Waals surface area contributed by atoms with Crippen LogP contribution in [0.4, 0.5) is 5.13 Å². The first kappa shape index (κ1) is 14.3. The van der Waals surface area contributed by atoms with Crippen LogP contribution in [0.5, 0.6) is 0 Å². The summed E-state index contributed by atoms with van der Waals surface area (Å²) in [5, 5.41) is 3.37. The standard InChI is InChI=1S/C12H13N2OS.W/c1-3-4-9-5-6-10-11(7-9)16-12(14-10)13-8(2)15;/h3,5-7H,4H2,1-2H3,(H,13,14,15);/q-1;+2. The van der Waals surface area contributed by atoms with Crippen molar-refractivity contribution in [3.05, 3.63) is 30.2 Å². The van der Waals surface area contributed by atoms with Gasteiger partial charge >= 0.3 is 21.1 Å². The van der Waals surface area contributed by atoms with Crippen LogP contribution in [0.15, 0.2) is 18.2 Å². The number of carbonyl (C=O) groups is 1. The van der Waals surface area contributed by atoms with E-state index in [0.29, 0.717) is 5.13 Å². The van der Waals surface area contributed by atoms with Crippen LogP contribution in [0.25, 0.3) is 10.2 Å². The Morgan fingerprint density at radius 3 is 2.94 bits per heavy atom. The van der Waals surface area contributed by atoms with Crippen LogP contribution in [0.3, 0.4) is 0 Å². The van der Waals surface area contributed by atoms with Gasteiger partial charge in [0.25, 0.3) is 0 Å². The van der Waals surface area contributed by atoms with Crippen molar-refractivity contribution in [3.63, 3.8) is 0 Å². The van der Waals surface area contributed by atoms with E-state index in [1.807, 2.05) is 13.0 Å². The second-order valence-corrected chi connectivity index (χ2v) is 4.65. The molecule has 88 valence electrons. The molecule has 1 aromatic carbocycles. The maximum atomic E-state index is 10.9. The largest absolute Gasteiger partial charge is 2.00 e. The fourth-order valence-corrected chi connectivity index (χ4v) is 2.51. The Morgan fingerprint density at radius 2 is 2.29 bits per heavy atom. The van der Waals surface area contributed by atoms with Crippen LogP contribution in [0.2, 0.25) is 0 Å². The summed E-state index contributed by atoms with van der Waals surface area (Å²) in [7, 11) is 0. The van der Waals surface area contributed by atoms with Gasteiger partial charge in [0.1, 0.15) is 0 Å². The van der Waals surface area contributed by atoms with Gasteiger partial charge in [-0.05, 0) is 12.1 Å². The number of thiazole rings is 1. The monoisotopic (exact) mass is 417 g/mol. The molecule has 1 amide bonds. The summed E-state index contributed by atoms with van der Waals surface area (Å²) in [6, 6.07) is 6.19. The van der Waals surface area contributed by atoms with Crippen molar-refractivity contribution in [2.75, 3.05) is 5.32 Å². The molecule has 1 heterocycles. The Hall–Kier alpha value is -0.732. The van der Waals surface area contributed by atoms with Gasteiger partial charge in [-0.15, -0.1) is 0 Å². The van der Waals surface area contributed by atoms with Crippen LogP contribution in [-0.4, -0.2) is 10.9 Å². The van der Waals surface area contributed by atoms with Gasteiger partial charge in [-0.2, -0.15) is 13.3 Å². The second-order valence-electron chi connectivity index (χ2n) is 3.61. The normalized spacial score (nSPS) is 10.0. The molecule has 3 nitrogen and oxygen atoms in total. The average Bonchev–Trinajstić information content (AvgIpc) is 2.58. The maximum Gasteiger partial charge on any atom is 2.00 e. The number of amides is 1. The minimum absolute atomic E-state index is 0. The summed E-state index contributed by atoms with van der Waals surface area (Å²) in [5.74, 6) is -0.0822. The minimum atomic E-state index is -0.0822. The predicted molar refractivity (Wildman–Crippen MR) is 67.6 cm³/mol. The molecule has 17 heavy (non-hydrogen) atoms. The number of benzene rings is 1. The van der Waals surface area contributed by atoms with Gasteiger partial charge in [-0.1, -0.05) is 23.0 Å². The summed E-state index contributed by atoms with van der Waals surface area (Å²) in [5.41, 5.74) is 2.21. The van der Waals surface area contributed by atoms with Gasteiger partial charge in [0.15, 0.2) is 5.13 Å². The molecular formula is C12H13N2OSW+. The van der Waals surface area contributed by atoms with E-state index >= 15 is 0 Å². The molecule has 0 bridgehead atoms. The fraction of sp³-hybridized carbons (Fsp3) is 0.250. The van der Waals surface area contributed by atoms with Crippen molar-refractivity contribution in [3.8, 4) is 0 Å². The van der Waals surface area contributed by atoms with E-state index in [0.717, 1.165) is 16.6 Å². The van der Waals surface area contributed by atoms with Crippen molar-refractivity contribution < 1.29 is 25.9 Å². The second kappa shape index (κ2) is 6.27. The molecule has 0 unspecified atom stereocenters. The van der Waals surface area contributed by atoms with Crippen molar-refractivity contribution in [2.45, 2.75) is 20.3 Å². The average molecular weight is 417 g/mol. The molecule has 2 rings (SSSR count). The third kappa shape index (κ3) is 3.61. The Bertz CT molecular complexity index is 524. The molecule has 0 spiro atoms. The van der Waals surface area contributed by atoms with E-state index in [2.05, 4.69) is 28.9 Å². The number of anilines is 1. The summed E-state index contributed by atoms with van der Waals surface area (Å²) < 4.78 is 1.11. The van der Waals surface area contributed by atoms with Crippen LogP contribution in [0, 0.1) is 6.42 Å². The van der Waals surface area contributed by atoms with Gasteiger partial charge in [-0.25, -0.2) is 4.98 Å².